The van der Waals surface area contributed by atoms with E-state index in [1.165, 1.54) is 42.7 Å². The van der Waals surface area contributed by atoms with Crippen molar-refractivity contribution in [2.24, 2.45) is 0 Å². The second-order valence-corrected chi connectivity index (χ2v) is 8.80. The molecule has 140 valence electrons. The van der Waals surface area contributed by atoms with E-state index in [2.05, 4.69) is 0 Å². The van der Waals surface area contributed by atoms with Gasteiger partial charge in [-0.2, -0.15) is 4.31 Å². The van der Waals surface area contributed by atoms with E-state index in [1.807, 2.05) is 5.38 Å². The summed E-state index contributed by atoms with van der Waals surface area (Å²) in [5.41, 5.74) is 0.706. The van der Waals surface area contributed by atoms with Crippen LogP contribution in [0, 0.1) is 0 Å². The normalized spacial score (nSPS) is 21.0. The molecule has 0 fully saturated rings. The summed E-state index contributed by atoms with van der Waals surface area (Å²) in [5.74, 6) is -1.59. The van der Waals surface area contributed by atoms with Crippen molar-refractivity contribution in [3.05, 3.63) is 46.2 Å². The highest BCUT2D eigenvalue weighted by molar-refractivity contribution is 7.89. The first kappa shape index (κ1) is 18.8. The van der Waals surface area contributed by atoms with Gasteiger partial charge in [0.25, 0.3) is 0 Å². The molecule has 0 aliphatic carbocycles. The number of hydrogen-bond acceptors (Lipinski definition) is 6. The Morgan fingerprint density at radius 1 is 1.31 bits per heavy atom. The van der Waals surface area contributed by atoms with Crippen LogP contribution in [0.25, 0.3) is 0 Å². The SMILES string of the molecule is COc1ccc(S(=O)(=O)N2CCc3sccc3[C@@H](CO)[C@H]2C(=O)O)cc1. The zero-order valence-corrected chi connectivity index (χ0v) is 15.7. The number of aliphatic carboxylic acids is 1. The Labute approximate surface area is 155 Å². The Hall–Kier alpha value is -1.94. The maximum Gasteiger partial charge on any atom is 0.322 e. The minimum atomic E-state index is -4.05. The van der Waals surface area contributed by atoms with Crippen molar-refractivity contribution in [1.29, 1.82) is 0 Å². The van der Waals surface area contributed by atoms with Crippen LogP contribution in [0.3, 0.4) is 0 Å². The third kappa shape index (κ3) is 3.23. The van der Waals surface area contributed by atoms with E-state index in [4.69, 9.17) is 4.74 Å². The lowest BCUT2D eigenvalue weighted by Crippen LogP contribution is -2.48. The molecule has 26 heavy (non-hydrogen) atoms. The first-order valence-corrected chi connectivity index (χ1v) is 10.3. The van der Waals surface area contributed by atoms with E-state index >= 15 is 0 Å². The van der Waals surface area contributed by atoms with Gasteiger partial charge >= 0.3 is 5.97 Å². The quantitative estimate of drug-likeness (QED) is 0.793. The summed E-state index contributed by atoms with van der Waals surface area (Å²) >= 11 is 1.44. The zero-order valence-electron chi connectivity index (χ0n) is 14.0. The molecule has 3 rings (SSSR count). The van der Waals surface area contributed by atoms with Crippen molar-refractivity contribution in [3.63, 3.8) is 0 Å². The fourth-order valence-corrected chi connectivity index (χ4v) is 5.81. The fraction of sp³-hybridized carbons (Fsp3) is 0.353. The average molecular weight is 397 g/mol. The first-order chi connectivity index (χ1) is 12.4. The summed E-state index contributed by atoms with van der Waals surface area (Å²) < 4.78 is 32.3. The Morgan fingerprint density at radius 3 is 2.58 bits per heavy atom. The molecule has 2 heterocycles. The standard InChI is InChI=1S/C17H19NO6S2/c1-24-11-2-4-12(5-3-11)26(22,23)18-8-6-15-13(7-9-25-15)14(10-19)16(18)17(20)21/h2-5,7,9,14,16,19H,6,8,10H2,1H3,(H,20,21)/t14-,16+/m1/s1. The molecule has 0 saturated carbocycles. The highest BCUT2D eigenvalue weighted by atomic mass is 32.2. The zero-order chi connectivity index (χ0) is 18.9. The van der Waals surface area contributed by atoms with Crippen LogP contribution in [0.1, 0.15) is 16.4 Å². The summed E-state index contributed by atoms with van der Waals surface area (Å²) in [5, 5.41) is 21.4. The van der Waals surface area contributed by atoms with Gasteiger partial charge in [0.1, 0.15) is 11.8 Å². The first-order valence-electron chi connectivity index (χ1n) is 7.96. The number of fused-ring (bicyclic) bond motifs is 1. The smallest absolute Gasteiger partial charge is 0.322 e. The van der Waals surface area contributed by atoms with Gasteiger partial charge in [0, 0.05) is 17.3 Å². The van der Waals surface area contributed by atoms with E-state index in [0.29, 0.717) is 17.7 Å². The molecule has 0 spiro atoms. The highest BCUT2D eigenvalue weighted by Gasteiger charge is 2.44. The van der Waals surface area contributed by atoms with Crippen LogP contribution in [0.2, 0.25) is 0 Å². The molecule has 0 radical (unpaired) electrons. The molecule has 9 heteroatoms. The molecular weight excluding hydrogens is 378 g/mol. The molecule has 0 unspecified atom stereocenters. The molecule has 2 N–H and O–H groups in total. The molecule has 0 saturated heterocycles. The predicted molar refractivity (Wildman–Crippen MR) is 96.2 cm³/mol. The Balaban J connectivity index is 2.06. The molecule has 1 aliphatic heterocycles. The lowest BCUT2D eigenvalue weighted by Gasteiger charge is -2.30. The van der Waals surface area contributed by atoms with Crippen LogP contribution >= 0.6 is 11.3 Å². The second kappa shape index (κ2) is 7.36. The van der Waals surface area contributed by atoms with Gasteiger partial charge in [-0.05, 0) is 47.7 Å². The van der Waals surface area contributed by atoms with Crippen molar-refractivity contribution in [2.45, 2.75) is 23.3 Å². The number of hydrogen-bond donors (Lipinski definition) is 2. The number of rotatable bonds is 5. The second-order valence-electron chi connectivity index (χ2n) is 5.91. The van der Waals surface area contributed by atoms with Gasteiger partial charge in [0.2, 0.25) is 10.0 Å². The van der Waals surface area contributed by atoms with Gasteiger partial charge in [-0.1, -0.05) is 0 Å². The van der Waals surface area contributed by atoms with Crippen LogP contribution in [0.4, 0.5) is 0 Å². The largest absolute Gasteiger partial charge is 0.497 e. The summed E-state index contributed by atoms with van der Waals surface area (Å²) in [4.78, 5) is 12.9. The molecule has 0 bridgehead atoms. The van der Waals surface area contributed by atoms with E-state index in [9.17, 15) is 23.4 Å². The predicted octanol–water partition coefficient (Wildman–Crippen LogP) is 1.53. The maximum atomic E-state index is 13.1. The molecule has 2 aromatic rings. The van der Waals surface area contributed by atoms with Gasteiger partial charge in [0.05, 0.1) is 18.6 Å². The van der Waals surface area contributed by atoms with Crippen LogP contribution in [-0.2, 0) is 21.2 Å². The number of carbonyl (C=O) groups is 1. The monoisotopic (exact) mass is 397 g/mol. The lowest BCUT2D eigenvalue weighted by molar-refractivity contribution is -0.142. The summed E-state index contributed by atoms with van der Waals surface area (Å²) in [7, 11) is -2.58. The number of methoxy groups -OCH3 is 1. The summed E-state index contributed by atoms with van der Waals surface area (Å²) in [6.45, 7) is -0.412. The van der Waals surface area contributed by atoms with Crippen LogP contribution in [0.15, 0.2) is 40.6 Å². The fourth-order valence-electron chi connectivity index (χ4n) is 3.25. The number of benzene rings is 1. The van der Waals surface area contributed by atoms with Gasteiger partial charge in [0.15, 0.2) is 0 Å². The molecule has 1 aliphatic rings. The van der Waals surface area contributed by atoms with Crippen molar-refractivity contribution in [2.75, 3.05) is 20.3 Å². The molecule has 1 aromatic heterocycles. The van der Waals surface area contributed by atoms with Crippen molar-refractivity contribution in [1.82, 2.24) is 4.31 Å². The molecule has 7 nitrogen and oxygen atoms in total. The lowest BCUT2D eigenvalue weighted by atomic mass is 9.93. The number of ether oxygens (including phenoxy) is 1. The Kier molecular flexibility index (Phi) is 5.33. The van der Waals surface area contributed by atoms with Crippen LogP contribution < -0.4 is 4.74 Å². The minimum Gasteiger partial charge on any atom is -0.497 e. The Morgan fingerprint density at radius 2 is 2.00 bits per heavy atom. The summed E-state index contributed by atoms with van der Waals surface area (Å²) in [6, 6.07) is 6.20. The number of thiophene rings is 1. The third-order valence-electron chi connectivity index (χ3n) is 4.55. The number of carboxylic acids is 1. The number of aliphatic hydroxyl groups is 1. The van der Waals surface area contributed by atoms with Crippen LogP contribution in [0.5, 0.6) is 5.75 Å². The Bertz CT molecular complexity index is 890. The van der Waals surface area contributed by atoms with Gasteiger partial charge in [-0.15, -0.1) is 11.3 Å². The van der Waals surface area contributed by atoms with E-state index in [-0.39, 0.29) is 11.4 Å². The maximum absolute atomic E-state index is 13.1. The average Bonchev–Trinajstić information content (AvgIpc) is 3.02. The molecule has 1 aromatic carbocycles. The van der Waals surface area contributed by atoms with Crippen molar-refractivity contribution in [3.8, 4) is 5.75 Å². The van der Waals surface area contributed by atoms with Crippen molar-refractivity contribution >= 4 is 27.3 Å². The number of aliphatic hydroxyl groups excluding tert-OH is 1. The minimum absolute atomic E-state index is 0.00788. The summed E-state index contributed by atoms with van der Waals surface area (Å²) in [6.07, 6.45) is 0.405. The van der Waals surface area contributed by atoms with E-state index in [0.717, 1.165) is 9.18 Å². The van der Waals surface area contributed by atoms with Gasteiger partial charge in [-0.25, -0.2) is 8.42 Å². The van der Waals surface area contributed by atoms with Crippen molar-refractivity contribution < 1.29 is 28.2 Å². The number of nitrogens with zero attached hydrogens (tertiary/aromatic N) is 1. The van der Waals surface area contributed by atoms with Gasteiger partial charge < -0.3 is 14.9 Å². The third-order valence-corrected chi connectivity index (χ3v) is 7.44. The number of sulfonamides is 1. The van der Waals surface area contributed by atoms with Gasteiger partial charge in [-0.3, -0.25) is 4.79 Å². The van der Waals surface area contributed by atoms with E-state index in [1.54, 1.807) is 6.07 Å². The molecular formula is C17H19NO6S2. The molecule has 0 amide bonds. The molecule has 2 atom stereocenters. The topological polar surface area (TPSA) is 104 Å². The van der Waals surface area contributed by atoms with Crippen LogP contribution in [-0.4, -0.2) is 55.2 Å². The highest BCUT2D eigenvalue weighted by Crippen LogP contribution is 2.36. The van der Waals surface area contributed by atoms with E-state index < -0.39 is 34.6 Å². The number of carboxylic acid groups (broad SMARTS) is 1.